The van der Waals surface area contributed by atoms with Gasteiger partial charge in [0.1, 0.15) is 17.3 Å². The van der Waals surface area contributed by atoms with Crippen LogP contribution < -0.4 is 9.62 Å². The second-order valence-corrected chi connectivity index (χ2v) is 11.5. The molecule has 0 aliphatic carbocycles. The predicted octanol–water partition coefficient (Wildman–Crippen LogP) is 4.89. The first kappa shape index (κ1) is 27.7. The molecule has 1 atom stereocenters. The highest BCUT2D eigenvalue weighted by atomic mass is 32.2. The zero-order valence-electron chi connectivity index (χ0n) is 21.7. The van der Waals surface area contributed by atoms with Crippen molar-refractivity contribution in [1.82, 2.24) is 10.1 Å². The molecule has 4 rings (SSSR count). The molecule has 0 unspecified atom stereocenters. The third-order valence-corrected chi connectivity index (χ3v) is 8.98. The molecule has 1 N–H and O–H groups in total. The van der Waals surface area contributed by atoms with Crippen LogP contribution in [0.25, 0.3) is 0 Å². The number of rotatable bonds is 9. The molecule has 38 heavy (non-hydrogen) atoms. The number of anilines is 2. The van der Waals surface area contributed by atoms with E-state index >= 15 is 0 Å². The number of aromatic nitrogens is 1. The van der Waals surface area contributed by atoms with Crippen LogP contribution in [0.4, 0.5) is 20.2 Å². The van der Waals surface area contributed by atoms with Crippen LogP contribution in [0.1, 0.15) is 37.6 Å². The lowest BCUT2D eigenvalue weighted by Gasteiger charge is -2.38. The van der Waals surface area contributed by atoms with Crippen molar-refractivity contribution in [2.45, 2.75) is 51.0 Å². The molecule has 8 nitrogen and oxygen atoms in total. The monoisotopic (exact) mass is 546 g/mol. The molecule has 1 aliphatic rings. The average Bonchev–Trinajstić information content (AvgIpc) is 3.23. The van der Waals surface area contributed by atoms with Crippen molar-refractivity contribution in [3.8, 4) is 0 Å². The van der Waals surface area contributed by atoms with E-state index in [1.807, 2.05) is 13.0 Å². The fourth-order valence-electron chi connectivity index (χ4n) is 4.90. The Balaban J connectivity index is 1.39. The number of amides is 1. The summed E-state index contributed by atoms with van der Waals surface area (Å²) in [6.07, 6.45) is 1.72. The van der Waals surface area contributed by atoms with Gasteiger partial charge in [-0.15, -0.1) is 0 Å². The van der Waals surface area contributed by atoms with E-state index in [2.05, 4.69) is 15.4 Å². The summed E-state index contributed by atoms with van der Waals surface area (Å²) in [5.74, 6) is -1.47. The zero-order chi connectivity index (χ0) is 27.4. The second kappa shape index (κ2) is 11.6. The molecule has 204 valence electrons. The van der Waals surface area contributed by atoms with E-state index in [1.165, 1.54) is 10.4 Å². The number of aryl methyl sites for hydroxylation is 2. The molecule has 2 aromatic carbocycles. The van der Waals surface area contributed by atoms with Crippen LogP contribution in [0.5, 0.6) is 0 Å². The van der Waals surface area contributed by atoms with Crippen LogP contribution in [0.2, 0.25) is 0 Å². The van der Waals surface area contributed by atoms with Gasteiger partial charge in [-0.1, -0.05) is 23.4 Å². The molecule has 0 saturated carbocycles. The number of benzene rings is 2. The van der Waals surface area contributed by atoms with Gasteiger partial charge in [-0.05, 0) is 76.9 Å². The number of hydrogen-bond acceptors (Lipinski definition) is 6. The lowest BCUT2D eigenvalue weighted by molar-refractivity contribution is -0.117. The van der Waals surface area contributed by atoms with Gasteiger partial charge in [0.2, 0.25) is 5.91 Å². The number of carbonyl (C=O) groups is 1. The van der Waals surface area contributed by atoms with Crippen LogP contribution in [0.3, 0.4) is 0 Å². The van der Waals surface area contributed by atoms with Crippen molar-refractivity contribution in [2.24, 2.45) is 5.92 Å². The van der Waals surface area contributed by atoms with Gasteiger partial charge in [-0.3, -0.25) is 14.0 Å². The average molecular weight is 547 g/mol. The number of piperidine rings is 1. The Hall–Kier alpha value is -3.31. The first-order valence-electron chi connectivity index (χ1n) is 12.6. The molecule has 0 spiro atoms. The maximum Gasteiger partial charge on any atom is 0.269 e. The maximum absolute atomic E-state index is 13.9. The second-order valence-electron chi connectivity index (χ2n) is 9.73. The van der Waals surface area contributed by atoms with Crippen molar-refractivity contribution >= 4 is 27.3 Å². The smallest absolute Gasteiger partial charge is 0.269 e. The molecule has 0 bridgehead atoms. The SMILES string of the molecule is Cc1noc(C)c1S(=O)(=O)N(C[C@@H](C)N1CCC(CC(=O)Nc2ccc(F)cc2F)CC1)c1ccccc1. The minimum absolute atomic E-state index is 0.0389. The number of halogens is 2. The van der Waals surface area contributed by atoms with E-state index in [0.717, 1.165) is 25.0 Å². The third-order valence-electron chi connectivity index (χ3n) is 6.94. The van der Waals surface area contributed by atoms with E-state index in [1.54, 1.807) is 38.1 Å². The Morgan fingerprint density at radius 2 is 1.84 bits per heavy atom. The van der Waals surface area contributed by atoms with Gasteiger partial charge in [-0.2, -0.15) is 0 Å². The number of likely N-dealkylation sites (tertiary alicyclic amines) is 1. The van der Waals surface area contributed by atoms with Gasteiger partial charge < -0.3 is 9.84 Å². The minimum Gasteiger partial charge on any atom is -0.360 e. The van der Waals surface area contributed by atoms with E-state index in [9.17, 15) is 22.0 Å². The van der Waals surface area contributed by atoms with Crippen molar-refractivity contribution in [1.29, 1.82) is 0 Å². The Kier molecular flexibility index (Phi) is 8.47. The summed E-state index contributed by atoms with van der Waals surface area (Å²) in [5, 5.41) is 6.35. The highest BCUT2D eigenvalue weighted by Gasteiger charge is 2.34. The molecule has 1 amide bonds. The summed E-state index contributed by atoms with van der Waals surface area (Å²) in [5.41, 5.74) is 0.831. The van der Waals surface area contributed by atoms with Crippen LogP contribution >= 0.6 is 0 Å². The zero-order valence-corrected chi connectivity index (χ0v) is 22.5. The highest BCUT2D eigenvalue weighted by Crippen LogP contribution is 2.30. The Morgan fingerprint density at radius 1 is 1.16 bits per heavy atom. The van der Waals surface area contributed by atoms with Crippen LogP contribution in [0.15, 0.2) is 57.9 Å². The molecule has 1 fully saturated rings. The number of para-hydroxylation sites is 1. The molecule has 3 aromatic rings. The molecule has 1 aliphatic heterocycles. The van der Waals surface area contributed by atoms with Crippen molar-refractivity contribution in [3.63, 3.8) is 0 Å². The fourth-order valence-corrected chi connectivity index (χ4v) is 6.74. The molecule has 1 saturated heterocycles. The lowest BCUT2D eigenvalue weighted by atomic mass is 9.92. The van der Waals surface area contributed by atoms with E-state index in [-0.39, 0.29) is 47.2 Å². The van der Waals surface area contributed by atoms with E-state index in [0.29, 0.717) is 24.5 Å². The van der Waals surface area contributed by atoms with Crippen molar-refractivity contribution in [3.05, 3.63) is 71.6 Å². The largest absolute Gasteiger partial charge is 0.360 e. The summed E-state index contributed by atoms with van der Waals surface area (Å²) in [7, 11) is -3.93. The fraction of sp³-hybridized carbons (Fsp3) is 0.407. The van der Waals surface area contributed by atoms with Crippen molar-refractivity contribution < 1.29 is 26.5 Å². The van der Waals surface area contributed by atoms with Gasteiger partial charge in [0, 0.05) is 25.1 Å². The van der Waals surface area contributed by atoms with E-state index in [4.69, 9.17) is 4.52 Å². The third kappa shape index (κ3) is 6.21. The predicted molar refractivity (Wildman–Crippen MR) is 140 cm³/mol. The number of nitrogens with zero attached hydrogens (tertiary/aromatic N) is 3. The summed E-state index contributed by atoms with van der Waals surface area (Å²) in [6.45, 7) is 6.80. The van der Waals surface area contributed by atoms with Gasteiger partial charge in [0.15, 0.2) is 10.7 Å². The normalized spacial score (nSPS) is 15.8. The van der Waals surface area contributed by atoms with Gasteiger partial charge in [0.05, 0.1) is 11.4 Å². The Labute approximate surface area is 221 Å². The number of hydrogen-bond donors (Lipinski definition) is 1. The number of sulfonamides is 1. The maximum atomic E-state index is 13.9. The summed E-state index contributed by atoms with van der Waals surface area (Å²) in [4.78, 5) is 14.7. The van der Waals surface area contributed by atoms with Gasteiger partial charge >= 0.3 is 0 Å². The first-order valence-corrected chi connectivity index (χ1v) is 14.0. The lowest BCUT2D eigenvalue weighted by Crippen LogP contribution is -2.47. The quantitative estimate of drug-likeness (QED) is 0.411. The van der Waals surface area contributed by atoms with Crippen molar-refractivity contribution in [2.75, 3.05) is 29.3 Å². The van der Waals surface area contributed by atoms with Gasteiger partial charge in [0.25, 0.3) is 10.0 Å². The summed E-state index contributed by atoms with van der Waals surface area (Å²) >= 11 is 0. The van der Waals surface area contributed by atoms with Crippen LogP contribution in [-0.4, -0.2) is 50.1 Å². The number of nitrogens with one attached hydrogen (secondary N) is 1. The topological polar surface area (TPSA) is 95.8 Å². The molecule has 1 aromatic heterocycles. The summed E-state index contributed by atoms with van der Waals surface area (Å²) < 4.78 is 61.0. The summed E-state index contributed by atoms with van der Waals surface area (Å²) in [6, 6.07) is 11.9. The molecule has 11 heteroatoms. The Morgan fingerprint density at radius 3 is 2.45 bits per heavy atom. The van der Waals surface area contributed by atoms with Crippen LogP contribution in [-0.2, 0) is 14.8 Å². The standard InChI is InChI=1S/C27H32F2N4O4S/c1-18(17-33(23-7-5-4-6-8-23)38(35,36)27-19(2)31-37-20(27)3)32-13-11-21(12-14-32)15-26(34)30-25-10-9-22(28)16-24(25)29/h4-10,16,18,21H,11-15,17H2,1-3H3,(H,30,34)/t18-/m1/s1. The van der Waals surface area contributed by atoms with E-state index < -0.39 is 21.7 Å². The highest BCUT2D eigenvalue weighted by molar-refractivity contribution is 7.93. The Bertz CT molecular complexity index is 1350. The molecular weight excluding hydrogens is 514 g/mol. The molecule has 2 heterocycles. The first-order chi connectivity index (χ1) is 18.1. The molecule has 0 radical (unpaired) electrons. The minimum atomic E-state index is -3.93. The molecular formula is C27H32F2N4O4S. The van der Waals surface area contributed by atoms with Gasteiger partial charge in [-0.25, -0.2) is 17.2 Å². The van der Waals surface area contributed by atoms with Crippen LogP contribution in [0, 0.1) is 31.4 Å². The number of carbonyl (C=O) groups excluding carboxylic acids is 1.